The Morgan fingerprint density at radius 2 is 0.909 bits per heavy atom. The monoisotopic (exact) mass is 554 g/mol. The maximum absolute atomic E-state index is 7.95. The molecule has 0 saturated carbocycles. The molecule has 0 unspecified atom stereocenters. The summed E-state index contributed by atoms with van der Waals surface area (Å²) in [5.74, 6) is 0. The van der Waals surface area contributed by atoms with Gasteiger partial charge in [0.1, 0.15) is 0 Å². The molecule has 0 aliphatic heterocycles. The van der Waals surface area contributed by atoms with Crippen LogP contribution < -0.4 is 0 Å². The van der Waals surface area contributed by atoms with Gasteiger partial charge in [0.05, 0.1) is 13.1 Å². The molecule has 200 valence electrons. The van der Waals surface area contributed by atoms with E-state index in [9.17, 15) is 0 Å². The molecule has 44 heavy (non-hydrogen) atoms. The maximum atomic E-state index is 7.95. The van der Waals surface area contributed by atoms with Gasteiger partial charge in [-0.2, -0.15) is 0 Å². The highest BCUT2D eigenvalue weighted by Gasteiger charge is 2.31. The molecule has 8 aromatic carbocycles. The van der Waals surface area contributed by atoms with E-state index in [1.807, 2.05) is 24.3 Å². The lowest BCUT2D eigenvalue weighted by atomic mass is 9.82. The second kappa shape index (κ2) is 9.14. The lowest BCUT2D eigenvalue weighted by Gasteiger charge is -2.21. The predicted octanol–water partition coefficient (Wildman–Crippen LogP) is 12.4. The van der Waals surface area contributed by atoms with Crippen LogP contribution in [0.15, 0.2) is 133 Å². The summed E-state index contributed by atoms with van der Waals surface area (Å²) in [6.07, 6.45) is 0. The Morgan fingerprint density at radius 3 is 1.55 bits per heavy atom. The van der Waals surface area contributed by atoms with E-state index in [1.54, 1.807) is 0 Å². The molecule has 0 saturated heterocycles. The summed E-state index contributed by atoms with van der Waals surface area (Å²) in [6, 6.07) is 47.1. The van der Waals surface area contributed by atoms with Crippen LogP contribution in [0.25, 0.3) is 97.3 Å². The zero-order valence-corrected chi connectivity index (χ0v) is 23.6. The molecule has 0 spiro atoms. The normalized spacial score (nSPS) is 11.6. The molecule has 0 radical (unpaired) electrons. The highest BCUT2D eigenvalue weighted by atomic mass is 14.7. The maximum Gasteiger partial charge on any atom is 0.195 e. The van der Waals surface area contributed by atoms with Crippen LogP contribution in [0.4, 0.5) is 11.4 Å². The van der Waals surface area contributed by atoms with E-state index in [1.165, 1.54) is 54.6 Å². The summed E-state index contributed by atoms with van der Waals surface area (Å²) in [4.78, 5) is 7.61. The highest BCUT2D eigenvalue weighted by Crippen LogP contribution is 2.59. The molecule has 0 heterocycles. The minimum absolute atomic E-state index is 0.384. The lowest BCUT2D eigenvalue weighted by molar-refractivity contribution is 1.62. The van der Waals surface area contributed by atoms with Gasteiger partial charge in [-0.1, -0.05) is 127 Å². The summed E-state index contributed by atoms with van der Waals surface area (Å²) >= 11 is 0. The van der Waals surface area contributed by atoms with Gasteiger partial charge in [-0.25, -0.2) is 0 Å². The predicted molar refractivity (Wildman–Crippen MR) is 184 cm³/mol. The third-order valence-electron chi connectivity index (χ3n) is 9.17. The number of hydrogen-bond donors (Lipinski definition) is 0. The van der Waals surface area contributed by atoms with Crippen molar-refractivity contribution in [1.29, 1.82) is 0 Å². The number of nitrogens with zero attached hydrogens (tertiary/aromatic N) is 2. The molecule has 9 rings (SSSR count). The number of rotatable bonds is 2. The zero-order chi connectivity index (χ0) is 29.4. The van der Waals surface area contributed by atoms with Crippen LogP contribution in [0.1, 0.15) is 0 Å². The topological polar surface area (TPSA) is 8.72 Å². The van der Waals surface area contributed by atoms with Crippen LogP contribution in [0.5, 0.6) is 0 Å². The molecule has 2 heteroatoms. The van der Waals surface area contributed by atoms with Crippen LogP contribution in [-0.2, 0) is 0 Å². The second-order valence-corrected chi connectivity index (χ2v) is 11.4. The van der Waals surface area contributed by atoms with Gasteiger partial charge < -0.3 is 0 Å². The third-order valence-corrected chi connectivity index (χ3v) is 9.17. The van der Waals surface area contributed by atoms with E-state index in [0.29, 0.717) is 11.4 Å². The van der Waals surface area contributed by atoms with E-state index >= 15 is 0 Å². The fourth-order valence-corrected chi connectivity index (χ4v) is 7.43. The van der Waals surface area contributed by atoms with E-state index in [0.717, 1.165) is 33.0 Å². The Bertz CT molecular complexity index is 2600. The van der Waals surface area contributed by atoms with E-state index in [-0.39, 0.29) is 0 Å². The van der Waals surface area contributed by atoms with Gasteiger partial charge in [0.2, 0.25) is 0 Å². The van der Waals surface area contributed by atoms with Crippen LogP contribution in [0.3, 0.4) is 0 Å². The average molecular weight is 555 g/mol. The molecule has 0 bridgehead atoms. The van der Waals surface area contributed by atoms with Crippen molar-refractivity contribution in [2.24, 2.45) is 0 Å². The molecular formula is C42H22N2. The quantitative estimate of drug-likeness (QED) is 0.148. The average Bonchev–Trinajstić information content (AvgIpc) is 3.41. The zero-order valence-electron chi connectivity index (χ0n) is 23.6. The summed E-state index contributed by atoms with van der Waals surface area (Å²) in [5.41, 5.74) is 9.97. The molecular weight excluding hydrogens is 532 g/mol. The van der Waals surface area contributed by atoms with Gasteiger partial charge in [0, 0.05) is 0 Å². The van der Waals surface area contributed by atoms with Crippen molar-refractivity contribution in [2.75, 3.05) is 0 Å². The first-order valence-corrected chi connectivity index (χ1v) is 14.7. The Hall–Kier alpha value is -6.22. The van der Waals surface area contributed by atoms with Gasteiger partial charge in [-0.3, -0.25) is 9.69 Å². The summed E-state index contributed by atoms with van der Waals surface area (Å²) < 4.78 is 0. The molecule has 8 aromatic rings. The number of benzene rings is 8. The second-order valence-electron chi connectivity index (χ2n) is 11.4. The summed E-state index contributed by atoms with van der Waals surface area (Å²) in [5, 5.41) is 9.45. The Balaban J connectivity index is 1.58. The van der Waals surface area contributed by atoms with Crippen molar-refractivity contribution in [3.05, 3.63) is 156 Å². The molecule has 1 aliphatic rings. The molecule has 0 N–H and O–H groups in total. The fraction of sp³-hybridized carbons (Fsp3) is 0. The molecule has 0 fully saturated rings. The first-order chi connectivity index (χ1) is 21.8. The van der Waals surface area contributed by atoms with Crippen LogP contribution >= 0.6 is 0 Å². The van der Waals surface area contributed by atoms with E-state index < -0.39 is 0 Å². The summed E-state index contributed by atoms with van der Waals surface area (Å²) in [6.45, 7) is 15.9. The van der Waals surface area contributed by atoms with Crippen molar-refractivity contribution in [3.63, 3.8) is 0 Å². The largest absolute Gasteiger partial charge is 0.250 e. The van der Waals surface area contributed by atoms with Crippen LogP contribution in [0, 0.1) is 13.1 Å². The van der Waals surface area contributed by atoms with Gasteiger partial charge in [0.25, 0.3) is 0 Å². The van der Waals surface area contributed by atoms with Crippen LogP contribution in [0.2, 0.25) is 0 Å². The van der Waals surface area contributed by atoms with Crippen molar-refractivity contribution in [2.45, 2.75) is 0 Å². The van der Waals surface area contributed by atoms with E-state index in [2.05, 4.69) is 119 Å². The smallest absolute Gasteiger partial charge is 0.195 e. The first-order valence-electron chi connectivity index (χ1n) is 14.7. The summed E-state index contributed by atoms with van der Waals surface area (Å²) in [7, 11) is 0. The Labute approximate surface area is 254 Å². The SMILES string of the molecule is [C-]#[N+]c1cc2c(-c3ccccc3)c3c(c(-c4ccccc4)c2cc1[N+]#[C-])-c1cc2ccc4ccccc4c2c2cccc-3c12. The minimum atomic E-state index is 0.384. The number of hydrogen-bond acceptors (Lipinski definition) is 0. The minimum Gasteiger partial charge on any atom is -0.250 e. The van der Waals surface area contributed by atoms with Crippen molar-refractivity contribution in [1.82, 2.24) is 0 Å². The lowest BCUT2D eigenvalue weighted by Crippen LogP contribution is -1.93. The van der Waals surface area contributed by atoms with Crippen molar-refractivity contribution >= 4 is 54.5 Å². The first kappa shape index (κ1) is 24.4. The molecule has 0 aromatic heterocycles. The molecule has 0 amide bonds. The van der Waals surface area contributed by atoms with Gasteiger partial charge in [0.15, 0.2) is 11.4 Å². The van der Waals surface area contributed by atoms with Gasteiger partial charge in [-0.05, 0) is 93.7 Å². The number of fused-ring (bicyclic) bond motifs is 8. The van der Waals surface area contributed by atoms with E-state index in [4.69, 9.17) is 13.1 Å². The Morgan fingerprint density at radius 1 is 0.364 bits per heavy atom. The third kappa shape index (κ3) is 3.23. The van der Waals surface area contributed by atoms with Crippen molar-refractivity contribution < 1.29 is 0 Å². The molecule has 1 aliphatic carbocycles. The van der Waals surface area contributed by atoms with Crippen LogP contribution in [-0.4, -0.2) is 0 Å². The highest BCUT2D eigenvalue weighted by molar-refractivity contribution is 6.33. The van der Waals surface area contributed by atoms with Gasteiger partial charge in [-0.15, -0.1) is 0 Å². The fourth-order valence-electron chi connectivity index (χ4n) is 7.43. The standard InChI is InChI=1S/C42H22N2/c1-43-35-23-32-33(24-36(35)44-2)39(27-15-7-4-8-16-27)42-34-22-28-21-20-25-12-9-10-17-29(25)37(28)30-18-11-19-31(40(30)34)41(42)38(32)26-13-5-3-6-14-26/h3-24H. The van der Waals surface area contributed by atoms with Crippen molar-refractivity contribution in [3.8, 4) is 44.5 Å². The Kier molecular flexibility index (Phi) is 5.06. The molecule has 2 nitrogen and oxygen atoms in total. The van der Waals surface area contributed by atoms with Gasteiger partial charge >= 0.3 is 0 Å². The molecule has 0 atom stereocenters.